The highest BCUT2D eigenvalue weighted by Gasteiger charge is 2.28. The van der Waals surface area contributed by atoms with E-state index in [1.54, 1.807) is 12.1 Å². The van der Waals surface area contributed by atoms with Gasteiger partial charge in [-0.3, -0.25) is 14.4 Å². The van der Waals surface area contributed by atoms with Gasteiger partial charge in [0, 0.05) is 18.0 Å². The lowest BCUT2D eigenvalue weighted by Gasteiger charge is -2.19. The molecule has 1 aliphatic rings. The van der Waals surface area contributed by atoms with Crippen LogP contribution < -0.4 is 16.0 Å². The predicted molar refractivity (Wildman–Crippen MR) is 121 cm³/mol. The first-order valence-electron chi connectivity index (χ1n) is 10.7. The third kappa shape index (κ3) is 6.95. The van der Waals surface area contributed by atoms with E-state index in [0.717, 1.165) is 24.0 Å². The van der Waals surface area contributed by atoms with Crippen molar-refractivity contribution < 1.29 is 14.4 Å². The molecule has 1 aliphatic carbocycles. The summed E-state index contributed by atoms with van der Waals surface area (Å²) in [6.07, 6.45) is 2.34. The van der Waals surface area contributed by atoms with Crippen LogP contribution in [0.15, 0.2) is 54.6 Å². The second-order valence-corrected chi connectivity index (χ2v) is 9.10. The number of benzene rings is 2. The van der Waals surface area contributed by atoms with Crippen molar-refractivity contribution in [2.75, 3.05) is 6.54 Å². The third-order valence-electron chi connectivity index (χ3n) is 5.28. The van der Waals surface area contributed by atoms with Gasteiger partial charge in [-0.25, -0.2) is 0 Å². The summed E-state index contributed by atoms with van der Waals surface area (Å²) in [5, 5.41) is 8.35. The highest BCUT2D eigenvalue weighted by atomic mass is 16.2. The smallest absolute Gasteiger partial charge is 0.251 e. The molecule has 6 heteroatoms. The number of hydrogen-bond acceptors (Lipinski definition) is 3. The van der Waals surface area contributed by atoms with Crippen LogP contribution in [0.25, 0.3) is 0 Å². The van der Waals surface area contributed by atoms with Crippen LogP contribution in [0, 0.1) is 0 Å². The number of hydrogen-bond donors (Lipinski definition) is 3. The SMILES string of the molecule is CC(C)(C)c1ccc(C(=O)NCC(=O)NC(Cc2ccccc2)C(=O)NC2CC2)cc1. The lowest BCUT2D eigenvalue weighted by molar-refractivity contribution is -0.128. The maximum atomic E-state index is 12.6. The first-order valence-corrected chi connectivity index (χ1v) is 10.7. The first kappa shape index (κ1) is 22.5. The van der Waals surface area contributed by atoms with Crippen molar-refractivity contribution in [2.45, 2.75) is 57.5 Å². The zero-order valence-corrected chi connectivity index (χ0v) is 18.4. The molecule has 6 nitrogen and oxygen atoms in total. The fourth-order valence-corrected chi connectivity index (χ4v) is 3.22. The van der Waals surface area contributed by atoms with Crippen LogP contribution in [0.4, 0.5) is 0 Å². The summed E-state index contributed by atoms with van der Waals surface area (Å²) >= 11 is 0. The van der Waals surface area contributed by atoms with Crippen LogP contribution >= 0.6 is 0 Å². The van der Waals surface area contributed by atoms with Gasteiger partial charge in [0.05, 0.1) is 6.54 Å². The van der Waals surface area contributed by atoms with Crippen molar-refractivity contribution in [3.05, 3.63) is 71.3 Å². The van der Waals surface area contributed by atoms with Gasteiger partial charge in [-0.2, -0.15) is 0 Å². The van der Waals surface area contributed by atoms with Gasteiger partial charge in [0.2, 0.25) is 11.8 Å². The summed E-state index contributed by atoms with van der Waals surface area (Å²) in [4.78, 5) is 37.5. The molecule has 0 saturated heterocycles. The van der Waals surface area contributed by atoms with Crippen molar-refractivity contribution in [3.63, 3.8) is 0 Å². The molecule has 0 bridgehead atoms. The molecule has 1 atom stereocenters. The maximum Gasteiger partial charge on any atom is 0.251 e. The second kappa shape index (κ2) is 9.77. The van der Waals surface area contributed by atoms with Gasteiger partial charge in [-0.15, -0.1) is 0 Å². The number of carbonyl (C=O) groups excluding carboxylic acids is 3. The van der Waals surface area contributed by atoms with E-state index < -0.39 is 11.9 Å². The lowest BCUT2D eigenvalue weighted by Crippen LogP contribution is -2.51. The Morgan fingerprint density at radius 2 is 1.61 bits per heavy atom. The summed E-state index contributed by atoms with van der Waals surface area (Å²) in [6.45, 7) is 6.13. The van der Waals surface area contributed by atoms with E-state index in [0.29, 0.717) is 12.0 Å². The molecule has 3 N–H and O–H groups in total. The number of rotatable bonds is 8. The fraction of sp³-hybridized carbons (Fsp3) is 0.400. The van der Waals surface area contributed by atoms with Crippen LogP contribution in [0.2, 0.25) is 0 Å². The summed E-state index contributed by atoms with van der Waals surface area (Å²) in [5.74, 6) is -0.909. The van der Waals surface area contributed by atoms with Crippen molar-refractivity contribution in [1.29, 1.82) is 0 Å². The molecule has 3 amide bonds. The largest absolute Gasteiger partial charge is 0.352 e. The molecule has 1 fully saturated rings. The minimum Gasteiger partial charge on any atom is -0.352 e. The molecule has 0 heterocycles. The van der Waals surface area contributed by atoms with Crippen LogP contribution in [0.5, 0.6) is 0 Å². The summed E-state index contributed by atoms with van der Waals surface area (Å²) < 4.78 is 0. The standard InChI is InChI=1S/C25H31N3O3/c1-25(2,3)19-11-9-18(10-12-19)23(30)26-16-22(29)28-21(24(31)27-20-13-14-20)15-17-7-5-4-6-8-17/h4-12,20-21H,13-16H2,1-3H3,(H,26,30)(H,27,31)(H,28,29). The predicted octanol–water partition coefficient (Wildman–Crippen LogP) is 2.72. The zero-order valence-electron chi connectivity index (χ0n) is 18.4. The van der Waals surface area contributed by atoms with Crippen molar-refractivity contribution in [2.24, 2.45) is 0 Å². The minimum atomic E-state index is -0.682. The Hall–Kier alpha value is -3.15. The number of nitrogens with one attached hydrogen (secondary N) is 3. The molecule has 31 heavy (non-hydrogen) atoms. The van der Waals surface area contributed by atoms with Crippen LogP contribution in [-0.4, -0.2) is 36.3 Å². The topological polar surface area (TPSA) is 87.3 Å². The quantitative estimate of drug-likeness (QED) is 0.612. The Kier molecular flexibility index (Phi) is 7.10. The average molecular weight is 422 g/mol. The number of carbonyl (C=O) groups is 3. The molecule has 2 aromatic rings. The lowest BCUT2D eigenvalue weighted by atomic mass is 9.87. The molecule has 0 aromatic heterocycles. The molecule has 0 spiro atoms. The monoisotopic (exact) mass is 421 g/mol. The molecule has 2 aromatic carbocycles. The van der Waals surface area contributed by atoms with E-state index in [1.807, 2.05) is 42.5 Å². The molecular formula is C25H31N3O3. The molecular weight excluding hydrogens is 390 g/mol. The normalized spacial score (nSPS) is 14.4. The van der Waals surface area contributed by atoms with E-state index >= 15 is 0 Å². The molecule has 0 radical (unpaired) electrons. The minimum absolute atomic E-state index is 0.00367. The van der Waals surface area contributed by atoms with Crippen molar-refractivity contribution in [3.8, 4) is 0 Å². The van der Waals surface area contributed by atoms with Crippen LogP contribution in [0.1, 0.15) is 55.1 Å². The fourth-order valence-electron chi connectivity index (χ4n) is 3.22. The Bertz CT molecular complexity index is 913. The Morgan fingerprint density at radius 3 is 2.19 bits per heavy atom. The van der Waals surface area contributed by atoms with Crippen molar-refractivity contribution >= 4 is 17.7 Å². The van der Waals surface area contributed by atoms with Gasteiger partial charge in [-0.05, 0) is 41.5 Å². The first-order chi connectivity index (χ1) is 14.7. The summed E-state index contributed by atoms with van der Waals surface area (Å²) in [5.41, 5.74) is 2.59. The van der Waals surface area contributed by atoms with Gasteiger partial charge in [0.15, 0.2) is 0 Å². The molecule has 3 rings (SSSR count). The van der Waals surface area contributed by atoms with E-state index in [4.69, 9.17) is 0 Å². The average Bonchev–Trinajstić information content (AvgIpc) is 3.55. The maximum absolute atomic E-state index is 12.6. The Labute approximate surface area is 183 Å². The second-order valence-electron chi connectivity index (χ2n) is 9.10. The van der Waals surface area contributed by atoms with Gasteiger partial charge in [0.25, 0.3) is 5.91 Å². The third-order valence-corrected chi connectivity index (χ3v) is 5.28. The van der Waals surface area contributed by atoms with Gasteiger partial charge in [-0.1, -0.05) is 63.2 Å². The molecule has 0 aliphatic heterocycles. The van der Waals surface area contributed by atoms with Gasteiger partial charge < -0.3 is 16.0 Å². The van der Waals surface area contributed by atoms with E-state index in [-0.39, 0.29) is 29.8 Å². The molecule has 1 unspecified atom stereocenters. The molecule has 164 valence electrons. The van der Waals surface area contributed by atoms with E-state index in [1.165, 1.54) is 0 Å². The molecule has 1 saturated carbocycles. The number of amides is 3. The summed E-state index contributed by atoms with van der Waals surface area (Å²) in [7, 11) is 0. The van der Waals surface area contributed by atoms with E-state index in [2.05, 4.69) is 36.7 Å². The van der Waals surface area contributed by atoms with Crippen LogP contribution in [0.3, 0.4) is 0 Å². The summed E-state index contributed by atoms with van der Waals surface area (Å²) in [6, 6.07) is 16.4. The Morgan fingerprint density at radius 1 is 0.968 bits per heavy atom. The van der Waals surface area contributed by atoms with Gasteiger partial charge >= 0.3 is 0 Å². The highest BCUT2D eigenvalue weighted by molar-refractivity contribution is 5.97. The Balaban J connectivity index is 1.55. The van der Waals surface area contributed by atoms with Crippen LogP contribution in [-0.2, 0) is 21.4 Å². The van der Waals surface area contributed by atoms with Crippen molar-refractivity contribution in [1.82, 2.24) is 16.0 Å². The van der Waals surface area contributed by atoms with Gasteiger partial charge in [0.1, 0.15) is 6.04 Å². The van der Waals surface area contributed by atoms with E-state index in [9.17, 15) is 14.4 Å². The highest BCUT2D eigenvalue weighted by Crippen LogP contribution is 2.22. The zero-order chi connectivity index (χ0) is 22.4.